The number of hydrogen-bond acceptors (Lipinski definition) is 5. The Hall–Kier alpha value is -3.05. The first-order chi connectivity index (χ1) is 10.2. The van der Waals surface area contributed by atoms with Crippen molar-refractivity contribution >= 4 is 11.4 Å². The van der Waals surface area contributed by atoms with E-state index in [0.717, 1.165) is 11.3 Å². The first-order valence-corrected chi connectivity index (χ1v) is 6.55. The maximum absolute atomic E-state index is 9.03. The molecule has 2 rings (SSSR count). The van der Waals surface area contributed by atoms with E-state index < -0.39 is 0 Å². The van der Waals surface area contributed by atoms with Crippen LogP contribution in [-0.2, 0) is 6.54 Å². The monoisotopic (exact) mass is 277 g/mol. The summed E-state index contributed by atoms with van der Waals surface area (Å²) in [5, 5.41) is 17.9. The van der Waals surface area contributed by atoms with Gasteiger partial charge in [-0.05, 0) is 29.8 Å². The van der Waals surface area contributed by atoms with Crippen molar-refractivity contribution < 1.29 is 0 Å². The number of aromatic nitrogens is 1. The van der Waals surface area contributed by atoms with Crippen LogP contribution in [0.15, 0.2) is 42.7 Å². The molecule has 0 amide bonds. The molecule has 2 N–H and O–H groups in total. The first-order valence-electron chi connectivity index (χ1n) is 6.55. The molecule has 0 aliphatic rings. The molecule has 2 aromatic rings. The van der Waals surface area contributed by atoms with E-state index in [1.807, 2.05) is 17.0 Å². The normalized spacial score (nSPS) is 9.62. The molecule has 5 heteroatoms. The van der Waals surface area contributed by atoms with Crippen molar-refractivity contribution in [3.63, 3.8) is 0 Å². The second kappa shape index (κ2) is 6.93. The van der Waals surface area contributed by atoms with Crippen molar-refractivity contribution in [3.8, 4) is 12.1 Å². The molecular weight excluding hydrogens is 262 g/mol. The van der Waals surface area contributed by atoms with Crippen molar-refractivity contribution in [2.45, 2.75) is 13.0 Å². The van der Waals surface area contributed by atoms with Crippen molar-refractivity contribution in [2.75, 3.05) is 17.2 Å². The SMILES string of the molecule is N#CCCN(Cc1cccnc1)c1cc(C#N)ccc1N. The molecule has 0 fully saturated rings. The van der Waals surface area contributed by atoms with E-state index in [0.29, 0.717) is 30.8 Å². The summed E-state index contributed by atoms with van der Waals surface area (Å²) in [6.45, 7) is 1.14. The largest absolute Gasteiger partial charge is 0.397 e. The Bertz CT molecular complexity index is 682. The standard InChI is InChI=1S/C16H15N5/c17-6-2-8-21(12-14-3-1-7-20-11-14)16-9-13(10-18)4-5-15(16)19/h1,3-5,7,9,11H,2,8,12,19H2. The molecule has 0 saturated carbocycles. The van der Waals surface area contributed by atoms with Gasteiger partial charge >= 0.3 is 0 Å². The van der Waals surface area contributed by atoms with E-state index in [4.69, 9.17) is 16.3 Å². The van der Waals surface area contributed by atoms with Gasteiger partial charge in [0.25, 0.3) is 0 Å². The third kappa shape index (κ3) is 3.71. The average molecular weight is 277 g/mol. The minimum absolute atomic E-state index is 0.385. The van der Waals surface area contributed by atoms with Crippen LogP contribution in [0.4, 0.5) is 11.4 Å². The highest BCUT2D eigenvalue weighted by molar-refractivity contribution is 5.69. The van der Waals surface area contributed by atoms with E-state index in [-0.39, 0.29) is 0 Å². The van der Waals surface area contributed by atoms with Gasteiger partial charge in [0.15, 0.2) is 0 Å². The van der Waals surface area contributed by atoms with E-state index in [2.05, 4.69) is 17.1 Å². The molecule has 0 spiro atoms. The number of pyridine rings is 1. The van der Waals surface area contributed by atoms with E-state index in [1.165, 1.54) is 0 Å². The predicted octanol–water partition coefficient (Wildman–Crippen LogP) is 2.46. The van der Waals surface area contributed by atoms with Crippen LogP contribution in [0, 0.1) is 22.7 Å². The summed E-state index contributed by atoms with van der Waals surface area (Å²) in [4.78, 5) is 6.09. The number of nitriles is 2. The summed E-state index contributed by atoms with van der Waals surface area (Å²) in [5.74, 6) is 0. The molecule has 1 aromatic carbocycles. The quantitative estimate of drug-likeness (QED) is 0.848. The van der Waals surface area contributed by atoms with Gasteiger partial charge < -0.3 is 10.6 Å². The second-order valence-electron chi connectivity index (χ2n) is 4.58. The fraction of sp³-hybridized carbons (Fsp3) is 0.188. The molecule has 0 aliphatic carbocycles. The van der Waals surface area contributed by atoms with Crippen LogP contribution in [-0.4, -0.2) is 11.5 Å². The van der Waals surface area contributed by atoms with Crippen molar-refractivity contribution in [1.29, 1.82) is 10.5 Å². The minimum atomic E-state index is 0.385. The molecule has 0 saturated heterocycles. The van der Waals surface area contributed by atoms with Crippen LogP contribution in [0.2, 0.25) is 0 Å². The predicted molar refractivity (Wildman–Crippen MR) is 81.1 cm³/mol. The number of hydrogen-bond donors (Lipinski definition) is 1. The van der Waals surface area contributed by atoms with E-state index in [1.54, 1.807) is 30.6 Å². The van der Waals surface area contributed by atoms with Crippen molar-refractivity contribution in [3.05, 3.63) is 53.9 Å². The topological polar surface area (TPSA) is 89.7 Å². The van der Waals surface area contributed by atoms with Crippen LogP contribution in [0.5, 0.6) is 0 Å². The fourth-order valence-electron chi connectivity index (χ4n) is 2.07. The number of benzene rings is 1. The van der Waals surface area contributed by atoms with E-state index >= 15 is 0 Å². The molecule has 0 atom stereocenters. The van der Waals surface area contributed by atoms with Crippen LogP contribution in [0.25, 0.3) is 0 Å². The van der Waals surface area contributed by atoms with Gasteiger partial charge in [0.05, 0.1) is 35.5 Å². The summed E-state index contributed by atoms with van der Waals surface area (Å²) in [5.41, 5.74) is 8.96. The molecule has 1 aromatic heterocycles. The third-order valence-corrected chi connectivity index (χ3v) is 3.09. The van der Waals surface area contributed by atoms with Gasteiger partial charge in [-0.1, -0.05) is 6.07 Å². The van der Waals surface area contributed by atoms with Gasteiger partial charge in [-0.2, -0.15) is 10.5 Å². The van der Waals surface area contributed by atoms with E-state index in [9.17, 15) is 0 Å². The molecule has 1 heterocycles. The highest BCUT2D eigenvalue weighted by atomic mass is 15.1. The average Bonchev–Trinajstić information content (AvgIpc) is 2.53. The Balaban J connectivity index is 2.32. The molecule has 0 unspecified atom stereocenters. The van der Waals surface area contributed by atoms with Crippen LogP contribution < -0.4 is 10.6 Å². The number of nitrogen functional groups attached to an aromatic ring is 1. The fourth-order valence-corrected chi connectivity index (χ4v) is 2.07. The number of nitrogens with zero attached hydrogens (tertiary/aromatic N) is 4. The Labute approximate surface area is 123 Å². The molecular formula is C16H15N5. The Morgan fingerprint density at radius 3 is 2.76 bits per heavy atom. The maximum Gasteiger partial charge on any atom is 0.0992 e. The summed E-state index contributed by atoms with van der Waals surface area (Å²) >= 11 is 0. The number of nitrogens with two attached hydrogens (primary N) is 1. The molecule has 0 bridgehead atoms. The Morgan fingerprint density at radius 2 is 2.10 bits per heavy atom. The highest BCUT2D eigenvalue weighted by Gasteiger charge is 2.11. The summed E-state index contributed by atoms with van der Waals surface area (Å²) in [7, 11) is 0. The smallest absolute Gasteiger partial charge is 0.0992 e. The van der Waals surface area contributed by atoms with Gasteiger partial charge in [0, 0.05) is 25.5 Å². The second-order valence-corrected chi connectivity index (χ2v) is 4.58. The molecule has 0 radical (unpaired) electrons. The zero-order valence-electron chi connectivity index (χ0n) is 11.5. The van der Waals surface area contributed by atoms with Crippen LogP contribution in [0.3, 0.4) is 0 Å². The summed E-state index contributed by atoms with van der Waals surface area (Å²) < 4.78 is 0. The molecule has 0 aliphatic heterocycles. The van der Waals surface area contributed by atoms with Gasteiger partial charge in [0.1, 0.15) is 0 Å². The van der Waals surface area contributed by atoms with Gasteiger partial charge in [-0.25, -0.2) is 0 Å². The number of rotatable bonds is 5. The zero-order chi connectivity index (χ0) is 15.1. The van der Waals surface area contributed by atoms with Gasteiger partial charge in [-0.3, -0.25) is 4.98 Å². The summed E-state index contributed by atoms with van der Waals surface area (Å²) in [6.07, 6.45) is 3.88. The number of anilines is 2. The van der Waals surface area contributed by atoms with Crippen molar-refractivity contribution in [1.82, 2.24) is 4.98 Å². The highest BCUT2D eigenvalue weighted by Crippen LogP contribution is 2.26. The lowest BCUT2D eigenvalue weighted by molar-refractivity contribution is 0.796. The Kier molecular flexibility index (Phi) is 4.74. The maximum atomic E-state index is 9.03. The lowest BCUT2D eigenvalue weighted by Gasteiger charge is -2.25. The molecule has 5 nitrogen and oxygen atoms in total. The zero-order valence-corrected chi connectivity index (χ0v) is 11.5. The minimum Gasteiger partial charge on any atom is -0.397 e. The summed E-state index contributed by atoms with van der Waals surface area (Å²) in [6, 6.07) is 13.2. The van der Waals surface area contributed by atoms with Gasteiger partial charge in [0.2, 0.25) is 0 Å². The third-order valence-electron chi connectivity index (χ3n) is 3.09. The van der Waals surface area contributed by atoms with Crippen LogP contribution in [0.1, 0.15) is 17.5 Å². The van der Waals surface area contributed by atoms with Gasteiger partial charge in [-0.15, -0.1) is 0 Å². The van der Waals surface area contributed by atoms with Crippen LogP contribution >= 0.6 is 0 Å². The molecule has 104 valence electrons. The lowest BCUT2D eigenvalue weighted by atomic mass is 10.1. The Morgan fingerprint density at radius 1 is 1.24 bits per heavy atom. The van der Waals surface area contributed by atoms with Crippen molar-refractivity contribution in [2.24, 2.45) is 0 Å². The lowest BCUT2D eigenvalue weighted by Crippen LogP contribution is -2.24. The molecule has 21 heavy (non-hydrogen) atoms. The first kappa shape index (κ1) is 14.4.